The highest BCUT2D eigenvalue weighted by Gasteiger charge is 2.32. The first-order valence-corrected chi connectivity index (χ1v) is 10.3. The third-order valence-electron chi connectivity index (χ3n) is 5.40. The average Bonchev–Trinajstić information content (AvgIpc) is 3.30. The summed E-state index contributed by atoms with van der Waals surface area (Å²) in [5.41, 5.74) is 0.939. The van der Waals surface area contributed by atoms with Crippen LogP contribution in [0.3, 0.4) is 0 Å². The lowest BCUT2D eigenvalue weighted by molar-refractivity contribution is -0.137. The molecule has 3 aromatic rings. The van der Waals surface area contributed by atoms with Gasteiger partial charge in [-0.1, -0.05) is 12.1 Å². The van der Waals surface area contributed by atoms with Gasteiger partial charge >= 0.3 is 6.18 Å². The Morgan fingerprint density at radius 3 is 2.62 bits per heavy atom. The number of hydrogen-bond acceptors (Lipinski definition) is 4. The molecule has 0 unspecified atom stereocenters. The molecular formula is C23H23F3N4O2. The van der Waals surface area contributed by atoms with Crippen LogP contribution in [-0.2, 0) is 6.18 Å². The molecule has 0 radical (unpaired) electrons. The molecule has 1 aliphatic heterocycles. The number of nitrogens with zero attached hydrogens (tertiary/aromatic N) is 2. The number of halogens is 3. The molecule has 1 amide bonds. The Balaban J connectivity index is 1.56. The van der Waals surface area contributed by atoms with Gasteiger partial charge in [0.05, 0.1) is 11.3 Å². The second-order valence-electron chi connectivity index (χ2n) is 7.87. The maximum Gasteiger partial charge on any atom is 0.416 e. The van der Waals surface area contributed by atoms with Gasteiger partial charge in [-0.2, -0.15) is 18.3 Å². The predicted molar refractivity (Wildman–Crippen MR) is 115 cm³/mol. The van der Waals surface area contributed by atoms with Gasteiger partial charge in [-0.05, 0) is 50.2 Å². The fourth-order valence-corrected chi connectivity index (χ4v) is 3.65. The highest BCUT2D eigenvalue weighted by atomic mass is 19.4. The maximum atomic E-state index is 13.5. The molecule has 9 heteroatoms. The Labute approximate surface area is 183 Å². The summed E-state index contributed by atoms with van der Waals surface area (Å²) >= 11 is 0. The van der Waals surface area contributed by atoms with Crippen molar-refractivity contribution in [2.24, 2.45) is 0 Å². The smallest absolute Gasteiger partial charge is 0.416 e. The monoisotopic (exact) mass is 444 g/mol. The third-order valence-corrected chi connectivity index (χ3v) is 5.40. The minimum absolute atomic E-state index is 0.0275. The Kier molecular flexibility index (Phi) is 6.18. The fraction of sp³-hybridized carbons (Fsp3) is 0.304. The lowest BCUT2D eigenvalue weighted by Gasteiger charge is -2.29. The van der Waals surface area contributed by atoms with Crippen LogP contribution in [0, 0.1) is 0 Å². The van der Waals surface area contributed by atoms with Crippen molar-refractivity contribution in [3.8, 4) is 17.0 Å². The van der Waals surface area contributed by atoms with Crippen LogP contribution >= 0.6 is 0 Å². The highest BCUT2D eigenvalue weighted by molar-refractivity contribution is 6.05. The number of H-pyrrole nitrogens is 1. The normalized spacial score (nSPS) is 15.5. The van der Waals surface area contributed by atoms with Gasteiger partial charge in [0, 0.05) is 42.2 Å². The molecule has 0 spiro atoms. The van der Waals surface area contributed by atoms with E-state index in [1.807, 2.05) is 13.1 Å². The van der Waals surface area contributed by atoms with Gasteiger partial charge in [0.2, 0.25) is 0 Å². The van der Waals surface area contributed by atoms with Gasteiger partial charge in [0.15, 0.2) is 0 Å². The van der Waals surface area contributed by atoms with E-state index in [-0.39, 0.29) is 17.5 Å². The van der Waals surface area contributed by atoms with Crippen LogP contribution in [0.1, 0.15) is 28.8 Å². The van der Waals surface area contributed by atoms with Crippen molar-refractivity contribution in [2.45, 2.75) is 25.1 Å². The largest absolute Gasteiger partial charge is 0.490 e. The van der Waals surface area contributed by atoms with Crippen LogP contribution in [0.5, 0.6) is 5.75 Å². The molecule has 1 saturated heterocycles. The third kappa shape index (κ3) is 5.28. The fourth-order valence-electron chi connectivity index (χ4n) is 3.65. The summed E-state index contributed by atoms with van der Waals surface area (Å²) in [4.78, 5) is 14.9. The van der Waals surface area contributed by atoms with Crippen molar-refractivity contribution in [1.82, 2.24) is 15.1 Å². The molecule has 1 fully saturated rings. The molecule has 0 atom stereocenters. The summed E-state index contributed by atoms with van der Waals surface area (Å²) in [7, 11) is 2.00. The predicted octanol–water partition coefficient (Wildman–Crippen LogP) is 4.82. The zero-order chi connectivity index (χ0) is 22.7. The topological polar surface area (TPSA) is 70.2 Å². The lowest BCUT2D eigenvalue weighted by Crippen LogP contribution is -2.35. The molecule has 32 heavy (non-hydrogen) atoms. The molecule has 2 heterocycles. The van der Waals surface area contributed by atoms with Crippen LogP contribution in [-0.4, -0.2) is 47.2 Å². The second-order valence-corrected chi connectivity index (χ2v) is 7.87. The number of piperidine rings is 1. The van der Waals surface area contributed by atoms with Crippen molar-refractivity contribution in [3.63, 3.8) is 0 Å². The molecule has 0 saturated carbocycles. The number of rotatable bonds is 5. The first kappa shape index (κ1) is 21.9. The number of aromatic amines is 1. The van der Waals surface area contributed by atoms with Gasteiger partial charge in [-0.25, -0.2) is 0 Å². The first-order chi connectivity index (χ1) is 15.3. The first-order valence-electron chi connectivity index (χ1n) is 10.3. The molecular weight excluding hydrogens is 421 g/mol. The molecule has 168 valence electrons. The number of hydrogen-bond donors (Lipinski definition) is 2. The summed E-state index contributed by atoms with van der Waals surface area (Å²) in [5.74, 6) is -0.424. The number of amides is 1. The molecule has 1 aliphatic rings. The van der Waals surface area contributed by atoms with Crippen molar-refractivity contribution in [2.75, 3.05) is 25.5 Å². The quantitative estimate of drug-likeness (QED) is 0.592. The SMILES string of the molecule is CN1CCC(Oc2cc(NC(=O)c3cccc(-c4ccn[nH]4)c3)cc(C(F)(F)F)c2)CC1. The van der Waals surface area contributed by atoms with Gasteiger partial charge in [0.25, 0.3) is 5.91 Å². The number of likely N-dealkylation sites (tertiary alicyclic amines) is 1. The number of alkyl halides is 3. The van der Waals surface area contributed by atoms with Gasteiger partial charge in [0.1, 0.15) is 11.9 Å². The average molecular weight is 444 g/mol. The van der Waals surface area contributed by atoms with E-state index in [4.69, 9.17) is 4.74 Å². The van der Waals surface area contributed by atoms with Crippen molar-refractivity contribution >= 4 is 11.6 Å². The summed E-state index contributed by atoms with van der Waals surface area (Å²) in [6, 6.07) is 11.8. The number of aromatic nitrogens is 2. The number of ether oxygens (including phenoxy) is 1. The number of anilines is 1. The van der Waals surface area contributed by atoms with Crippen molar-refractivity contribution in [3.05, 3.63) is 65.9 Å². The van der Waals surface area contributed by atoms with E-state index in [1.54, 1.807) is 30.5 Å². The molecule has 2 N–H and O–H groups in total. The maximum absolute atomic E-state index is 13.5. The molecule has 6 nitrogen and oxygen atoms in total. The van der Waals surface area contributed by atoms with E-state index >= 15 is 0 Å². The Hall–Kier alpha value is -3.33. The van der Waals surface area contributed by atoms with E-state index in [0.717, 1.165) is 49.3 Å². The van der Waals surface area contributed by atoms with Gasteiger partial charge in [-0.15, -0.1) is 0 Å². The van der Waals surface area contributed by atoms with E-state index in [9.17, 15) is 18.0 Å². The molecule has 0 aliphatic carbocycles. The van der Waals surface area contributed by atoms with Gasteiger partial charge < -0.3 is 15.0 Å². The van der Waals surface area contributed by atoms with E-state index in [2.05, 4.69) is 20.4 Å². The summed E-state index contributed by atoms with van der Waals surface area (Å²) in [5, 5.41) is 9.28. The number of carbonyl (C=O) groups excluding carboxylic acids is 1. The summed E-state index contributed by atoms with van der Waals surface area (Å²) < 4.78 is 46.2. The van der Waals surface area contributed by atoms with Crippen LogP contribution < -0.4 is 10.1 Å². The van der Waals surface area contributed by atoms with Gasteiger partial charge in [-0.3, -0.25) is 9.89 Å². The molecule has 1 aromatic heterocycles. The minimum Gasteiger partial charge on any atom is -0.490 e. The second kappa shape index (κ2) is 9.04. The van der Waals surface area contributed by atoms with Crippen molar-refractivity contribution < 1.29 is 22.7 Å². The number of carbonyl (C=O) groups is 1. The minimum atomic E-state index is -4.56. The lowest BCUT2D eigenvalue weighted by atomic mass is 10.1. The van der Waals surface area contributed by atoms with E-state index < -0.39 is 17.6 Å². The van der Waals surface area contributed by atoms with E-state index in [1.165, 1.54) is 6.07 Å². The zero-order valence-corrected chi connectivity index (χ0v) is 17.4. The standard InChI is InChI=1S/C23H23F3N4O2/c1-30-9-6-19(7-10-30)32-20-13-17(23(24,25)26)12-18(14-20)28-22(31)16-4-2-3-15(11-16)21-5-8-27-29-21/h2-5,8,11-14,19H,6-7,9-10H2,1H3,(H,27,29)(H,28,31). The van der Waals surface area contributed by atoms with Crippen LogP contribution in [0.4, 0.5) is 18.9 Å². The Morgan fingerprint density at radius 2 is 1.94 bits per heavy atom. The van der Waals surface area contributed by atoms with Crippen molar-refractivity contribution in [1.29, 1.82) is 0 Å². The Morgan fingerprint density at radius 1 is 1.16 bits per heavy atom. The van der Waals surface area contributed by atoms with Crippen LogP contribution in [0.15, 0.2) is 54.7 Å². The molecule has 2 aromatic carbocycles. The summed E-state index contributed by atoms with van der Waals surface area (Å²) in [6.07, 6.45) is -1.67. The van der Waals surface area contributed by atoms with E-state index in [0.29, 0.717) is 5.56 Å². The molecule has 0 bridgehead atoms. The number of nitrogens with one attached hydrogen (secondary N) is 2. The number of benzene rings is 2. The molecule has 4 rings (SSSR count). The van der Waals surface area contributed by atoms with Crippen LogP contribution in [0.25, 0.3) is 11.3 Å². The summed E-state index contributed by atoms with van der Waals surface area (Å²) in [6.45, 7) is 1.64. The zero-order valence-electron chi connectivity index (χ0n) is 17.4. The Bertz CT molecular complexity index is 1080. The highest BCUT2D eigenvalue weighted by Crippen LogP contribution is 2.35. The van der Waals surface area contributed by atoms with Crippen LogP contribution in [0.2, 0.25) is 0 Å².